The number of amides is 1. The van der Waals surface area contributed by atoms with Gasteiger partial charge < -0.3 is 15.2 Å². The number of aryl methyl sites for hydroxylation is 1. The van der Waals surface area contributed by atoms with Gasteiger partial charge in [0.25, 0.3) is 5.91 Å². The molecule has 2 heterocycles. The fraction of sp³-hybridized carbons (Fsp3) is 0.385. The molecule has 0 fully saturated rings. The third-order valence-electron chi connectivity index (χ3n) is 2.53. The van der Waals surface area contributed by atoms with Gasteiger partial charge in [-0.15, -0.1) is 0 Å². The van der Waals surface area contributed by atoms with Crippen LogP contribution >= 0.6 is 0 Å². The molecular formula is C13H17N5O2. The number of hydrogen-bond donors (Lipinski definition) is 2. The van der Waals surface area contributed by atoms with Crippen LogP contribution in [-0.4, -0.2) is 27.6 Å². The molecule has 0 saturated carbocycles. The van der Waals surface area contributed by atoms with Crippen molar-refractivity contribution >= 4 is 11.7 Å². The van der Waals surface area contributed by atoms with E-state index in [0.717, 1.165) is 13.0 Å². The summed E-state index contributed by atoms with van der Waals surface area (Å²) in [6, 6.07) is 1.77. The molecule has 0 unspecified atom stereocenters. The molecule has 0 aliphatic rings. The van der Waals surface area contributed by atoms with Gasteiger partial charge in [0.1, 0.15) is 23.0 Å². The summed E-state index contributed by atoms with van der Waals surface area (Å²) < 4.78 is 4.93. The summed E-state index contributed by atoms with van der Waals surface area (Å²) in [5.41, 5.74) is 0.940. The second kappa shape index (κ2) is 6.65. The molecule has 7 heteroatoms. The van der Waals surface area contributed by atoms with Gasteiger partial charge in [-0.1, -0.05) is 12.1 Å². The third kappa shape index (κ3) is 3.78. The summed E-state index contributed by atoms with van der Waals surface area (Å²) in [5, 5.41) is 9.61. The monoisotopic (exact) mass is 275 g/mol. The highest BCUT2D eigenvalue weighted by molar-refractivity contribution is 5.92. The van der Waals surface area contributed by atoms with E-state index in [0.29, 0.717) is 23.8 Å². The van der Waals surface area contributed by atoms with Gasteiger partial charge in [0, 0.05) is 12.6 Å². The number of nitrogens with zero attached hydrogens (tertiary/aromatic N) is 3. The van der Waals surface area contributed by atoms with Gasteiger partial charge in [0.2, 0.25) is 0 Å². The number of hydrogen-bond acceptors (Lipinski definition) is 6. The van der Waals surface area contributed by atoms with Gasteiger partial charge in [-0.3, -0.25) is 9.78 Å². The fourth-order valence-electron chi connectivity index (χ4n) is 1.58. The standard InChI is InChI=1S/C13H17N5O2/c1-3-4-15-12-8-14-7-11(17-12)13(19)16-6-10-5-9(2)20-18-10/h5,7-8H,3-4,6H2,1-2H3,(H,15,17)(H,16,19). The molecule has 0 atom stereocenters. The van der Waals surface area contributed by atoms with Gasteiger partial charge in [0.05, 0.1) is 18.9 Å². The Balaban J connectivity index is 1.94. The molecule has 0 spiro atoms. The molecule has 2 rings (SSSR count). The molecule has 2 aromatic heterocycles. The Hall–Kier alpha value is -2.44. The van der Waals surface area contributed by atoms with E-state index in [-0.39, 0.29) is 11.6 Å². The van der Waals surface area contributed by atoms with Gasteiger partial charge in [-0.25, -0.2) is 4.98 Å². The zero-order valence-corrected chi connectivity index (χ0v) is 11.5. The second-order valence-electron chi connectivity index (χ2n) is 4.33. The zero-order chi connectivity index (χ0) is 14.4. The first-order valence-corrected chi connectivity index (χ1v) is 6.45. The molecule has 1 amide bonds. The predicted octanol–water partition coefficient (Wildman–Crippen LogP) is 1.52. The van der Waals surface area contributed by atoms with Crippen LogP contribution in [0.1, 0.15) is 35.3 Å². The highest BCUT2D eigenvalue weighted by atomic mass is 16.5. The first-order valence-electron chi connectivity index (χ1n) is 6.45. The third-order valence-corrected chi connectivity index (χ3v) is 2.53. The Bertz CT molecular complexity index is 582. The number of aromatic nitrogens is 3. The summed E-state index contributed by atoms with van der Waals surface area (Å²) in [5.74, 6) is 1.01. The van der Waals surface area contributed by atoms with E-state index in [1.807, 2.05) is 0 Å². The lowest BCUT2D eigenvalue weighted by Crippen LogP contribution is -2.24. The number of rotatable bonds is 6. The van der Waals surface area contributed by atoms with Gasteiger partial charge in [-0.2, -0.15) is 0 Å². The van der Waals surface area contributed by atoms with Crippen molar-refractivity contribution < 1.29 is 9.32 Å². The van der Waals surface area contributed by atoms with Crippen molar-refractivity contribution in [2.24, 2.45) is 0 Å². The Labute approximate surface area is 116 Å². The summed E-state index contributed by atoms with van der Waals surface area (Å²) in [6.45, 7) is 4.94. The number of carbonyl (C=O) groups is 1. The van der Waals surface area contributed by atoms with Gasteiger partial charge in [0.15, 0.2) is 0 Å². The van der Waals surface area contributed by atoms with E-state index in [1.165, 1.54) is 6.20 Å². The highest BCUT2D eigenvalue weighted by Gasteiger charge is 2.09. The first kappa shape index (κ1) is 14.0. The average Bonchev–Trinajstić information content (AvgIpc) is 2.88. The summed E-state index contributed by atoms with van der Waals surface area (Å²) in [6.07, 6.45) is 4.00. The first-order chi connectivity index (χ1) is 9.69. The molecule has 0 bridgehead atoms. The van der Waals surface area contributed by atoms with Crippen molar-refractivity contribution in [2.75, 3.05) is 11.9 Å². The van der Waals surface area contributed by atoms with Crippen molar-refractivity contribution in [3.05, 3.63) is 35.6 Å². The number of carbonyl (C=O) groups excluding carboxylic acids is 1. The van der Waals surface area contributed by atoms with Crippen molar-refractivity contribution in [3.8, 4) is 0 Å². The maximum atomic E-state index is 12.0. The Morgan fingerprint density at radius 3 is 2.95 bits per heavy atom. The van der Waals surface area contributed by atoms with Crippen LogP contribution in [0.3, 0.4) is 0 Å². The molecule has 0 saturated heterocycles. The number of anilines is 1. The molecule has 7 nitrogen and oxygen atoms in total. The van der Waals surface area contributed by atoms with Crippen molar-refractivity contribution in [1.29, 1.82) is 0 Å². The maximum Gasteiger partial charge on any atom is 0.271 e. The van der Waals surface area contributed by atoms with Crippen molar-refractivity contribution in [3.63, 3.8) is 0 Å². The lowest BCUT2D eigenvalue weighted by Gasteiger charge is -2.05. The zero-order valence-electron chi connectivity index (χ0n) is 11.5. The maximum absolute atomic E-state index is 12.0. The predicted molar refractivity (Wildman–Crippen MR) is 73.2 cm³/mol. The van der Waals surface area contributed by atoms with E-state index >= 15 is 0 Å². The molecule has 0 aromatic carbocycles. The van der Waals surface area contributed by atoms with Crippen LogP contribution in [0.2, 0.25) is 0 Å². The molecule has 20 heavy (non-hydrogen) atoms. The largest absolute Gasteiger partial charge is 0.369 e. The quantitative estimate of drug-likeness (QED) is 0.830. The van der Waals surface area contributed by atoms with Gasteiger partial charge in [-0.05, 0) is 13.3 Å². The van der Waals surface area contributed by atoms with Crippen LogP contribution in [0, 0.1) is 6.92 Å². The second-order valence-corrected chi connectivity index (χ2v) is 4.33. The smallest absolute Gasteiger partial charge is 0.271 e. The lowest BCUT2D eigenvalue weighted by atomic mass is 10.3. The lowest BCUT2D eigenvalue weighted by molar-refractivity contribution is 0.0945. The van der Waals surface area contributed by atoms with Crippen LogP contribution in [0.4, 0.5) is 5.82 Å². The number of nitrogens with one attached hydrogen (secondary N) is 2. The van der Waals surface area contributed by atoms with E-state index in [4.69, 9.17) is 4.52 Å². The SMILES string of the molecule is CCCNc1cncc(C(=O)NCc2cc(C)on2)n1. The molecule has 2 N–H and O–H groups in total. The van der Waals surface area contributed by atoms with Crippen LogP contribution < -0.4 is 10.6 Å². The van der Waals surface area contributed by atoms with Crippen molar-refractivity contribution in [2.45, 2.75) is 26.8 Å². The van der Waals surface area contributed by atoms with E-state index in [1.54, 1.807) is 19.2 Å². The molecule has 2 aromatic rings. The highest BCUT2D eigenvalue weighted by Crippen LogP contribution is 2.04. The molecule has 0 aliphatic heterocycles. The Morgan fingerprint density at radius 1 is 1.40 bits per heavy atom. The molecule has 0 aliphatic carbocycles. The Kier molecular flexibility index (Phi) is 4.65. The normalized spacial score (nSPS) is 10.3. The molecule has 106 valence electrons. The molecule has 0 radical (unpaired) electrons. The van der Waals surface area contributed by atoms with E-state index in [2.05, 4.69) is 32.7 Å². The van der Waals surface area contributed by atoms with Gasteiger partial charge >= 0.3 is 0 Å². The van der Waals surface area contributed by atoms with E-state index < -0.39 is 0 Å². The topological polar surface area (TPSA) is 92.9 Å². The Morgan fingerprint density at radius 2 is 2.25 bits per heavy atom. The summed E-state index contributed by atoms with van der Waals surface area (Å²) >= 11 is 0. The minimum Gasteiger partial charge on any atom is -0.369 e. The molecular weight excluding hydrogens is 258 g/mol. The van der Waals surface area contributed by atoms with Crippen LogP contribution in [0.15, 0.2) is 23.0 Å². The minimum atomic E-state index is -0.293. The summed E-state index contributed by atoms with van der Waals surface area (Å²) in [7, 11) is 0. The van der Waals surface area contributed by atoms with Crippen LogP contribution in [0.25, 0.3) is 0 Å². The summed E-state index contributed by atoms with van der Waals surface area (Å²) in [4.78, 5) is 20.1. The van der Waals surface area contributed by atoms with Crippen LogP contribution in [0.5, 0.6) is 0 Å². The fourth-order valence-corrected chi connectivity index (χ4v) is 1.58. The van der Waals surface area contributed by atoms with E-state index in [9.17, 15) is 4.79 Å². The minimum absolute atomic E-state index is 0.270. The van der Waals surface area contributed by atoms with Crippen LogP contribution in [-0.2, 0) is 6.54 Å². The van der Waals surface area contributed by atoms with Crippen molar-refractivity contribution in [1.82, 2.24) is 20.4 Å². The average molecular weight is 275 g/mol.